The smallest absolute Gasteiger partial charge is 0.432 e. The molecule has 692 valence electrons. The van der Waals surface area contributed by atoms with Crippen molar-refractivity contribution in [1.29, 1.82) is 0 Å². The summed E-state index contributed by atoms with van der Waals surface area (Å²) in [5.41, 5.74) is -0.211. The Morgan fingerprint density at radius 1 is 0.185 bits per heavy atom. The Morgan fingerprint density at radius 2 is 0.311 bits per heavy atom. The highest BCUT2D eigenvalue weighted by Gasteiger charge is 2.12. The summed E-state index contributed by atoms with van der Waals surface area (Å²) in [6.07, 6.45) is -0.937. The number of rotatable bonds is 99. The number of benzene rings is 2. The van der Waals surface area contributed by atoms with Gasteiger partial charge in [-0.05, 0) is 24.3 Å². The highest BCUT2D eigenvalue weighted by molar-refractivity contribution is 5.73. The molecule has 0 aliphatic carbocycles. The minimum atomic E-state index is -0.937. The zero-order chi connectivity index (χ0) is 84.9. The van der Waals surface area contributed by atoms with Crippen LogP contribution in [0.25, 0.3) is 0 Å². The average Bonchev–Trinajstić information content (AvgIpc) is 0.896. The molecule has 0 aliphatic rings. The van der Waals surface area contributed by atoms with Crippen molar-refractivity contribution in [3.05, 3.63) is 68.8 Å². The van der Waals surface area contributed by atoms with E-state index in [1.54, 1.807) is 0 Å². The lowest BCUT2D eigenvalue weighted by Gasteiger charge is -2.09. The van der Waals surface area contributed by atoms with Crippen LogP contribution in [0.4, 0.5) is 16.2 Å². The lowest BCUT2D eigenvalue weighted by Crippen LogP contribution is -2.18. The maximum atomic E-state index is 11.8. The number of ether oxygens (including phenoxy) is 34. The first-order chi connectivity index (χ1) is 58.8. The van der Waals surface area contributed by atoms with Gasteiger partial charge in [-0.1, -0.05) is 0 Å². The predicted molar refractivity (Wildman–Crippen MR) is 419 cm³/mol. The van der Waals surface area contributed by atoms with Gasteiger partial charge in [0.2, 0.25) is 0 Å². The summed E-state index contributed by atoms with van der Waals surface area (Å²) in [4.78, 5) is 43.8. The quantitative estimate of drug-likeness (QED) is 0.0229. The predicted octanol–water partition coefficient (Wildman–Crippen LogP) is 3.14. The van der Waals surface area contributed by atoms with E-state index < -0.39 is 22.0 Å². The molecule has 0 aromatic heterocycles. The van der Waals surface area contributed by atoms with Crippen molar-refractivity contribution in [3.8, 4) is 11.5 Å². The largest absolute Gasteiger partial charge is 0.513 e. The van der Waals surface area contributed by atoms with Gasteiger partial charge in [0.1, 0.15) is 24.7 Å². The summed E-state index contributed by atoms with van der Waals surface area (Å²) in [6.45, 7) is 26.3. The van der Waals surface area contributed by atoms with Crippen LogP contribution in [-0.4, -0.2) is 438 Å². The summed E-state index contributed by atoms with van der Waals surface area (Å²) in [6, 6.07) is 10.2. The maximum Gasteiger partial charge on any atom is 0.513 e. The first kappa shape index (κ1) is 110. The van der Waals surface area contributed by atoms with Gasteiger partial charge in [-0.15, -0.1) is 0 Å². The molecule has 0 atom stereocenters. The normalized spacial score (nSPS) is 11.5. The summed E-state index contributed by atoms with van der Waals surface area (Å²) < 4.78 is 185. The van der Waals surface area contributed by atoms with E-state index in [-0.39, 0.29) is 55.9 Å². The van der Waals surface area contributed by atoms with Crippen molar-refractivity contribution in [1.82, 2.24) is 0 Å². The molecule has 0 unspecified atom stereocenters. The van der Waals surface area contributed by atoms with Crippen molar-refractivity contribution in [2.45, 2.75) is 0 Å². The van der Waals surface area contributed by atoms with Gasteiger partial charge in [0.25, 0.3) is 11.4 Å². The number of nitro groups is 2. The fraction of sp³-hybridized carbons (Fsp3) is 0.818. The highest BCUT2D eigenvalue weighted by atomic mass is 16.7. The Balaban J connectivity index is 1.08. The molecular formula is C77H134N2O40. The van der Waals surface area contributed by atoms with Crippen LogP contribution >= 0.6 is 0 Å². The van der Waals surface area contributed by atoms with Crippen LogP contribution in [0.5, 0.6) is 11.5 Å². The van der Waals surface area contributed by atoms with Crippen LogP contribution < -0.4 is 9.47 Å². The van der Waals surface area contributed by atoms with Gasteiger partial charge >= 0.3 is 12.1 Å². The Bertz CT molecular complexity index is 2300. The number of carbonyl (C=O) groups excluding carboxylic acids is 2. The third-order valence-corrected chi connectivity index (χ3v) is 14.4. The lowest BCUT2D eigenvalue weighted by atomic mass is 10.3. The number of non-ortho nitro benzene ring substituents is 2. The van der Waals surface area contributed by atoms with E-state index in [1.165, 1.54) is 48.5 Å². The van der Waals surface area contributed by atoms with Crippen molar-refractivity contribution in [2.24, 2.45) is 0 Å². The molecule has 42 heteroatoms. The summed E-state index contributed by atoms with van der Waals surface area (Å²) in [5.74, 6) is -0.296. The van der Waals surface area contributed by atoms with Gasteiger partial charge in [0.05, 0.1) is 413 Å². The van der Waals surface area contributed by atoms with Gasteiger partial charge in [0.15, 0.2) is 0 Å². The SMILES string of the molecule is O=C(COCCOCCOCCOCCOCCOCCOCCOCCOCCOCCOCCOCCOCCOCCOCCOCCOCCOCCOCCOCCOCCOCCOCCOCCOCCOCCOCCOCCOCCOCCOCCOC(=O)Oc1ccc([N+](=O)[O-])cc1)Oc1ccc([N+](=O)[O-])cc1. The fourth-order valence-corrected chi connectivity index (χ4v) is 8.50. The molecule has 0 saturated heterocycles. The monoisotopic (exact) mass is 1730 g/mol. The number of carbonyl (C=O) groups is 2. The van der Waals surface area contributed by atoms with Crippen molar-refractivity contribution in [3.63, 3.8) is 0 Å². The Hall–Kier alpha value is -5.26. The molecule has 0 spiro atoms. The first-order valence-corrected chi connectivity index (χ1v) is 40.3. The van der Waals surface area contributed by atoms with E-state index in [2.05, 4.69) is 0 Å². The molecule has 42 nitrogen and oxygen atoms in total. The molecule has 0 bridgehead atoms. The molecule has 2 aromatic carbocycles. The van der Waals surface area contributed by atoms with Crippen LogP contribution in [0.15, 0.2) is 48.5 Å². The number of nitro benzene ring substituents is 2. The zero-order valence-electron chi connectivity index (χ0n) is 69.4. The first-order valence-electron chi connectivity index (χ1n) is 40.3. The molecule has 0 aliphatic heterocycles. The van der Waals surface area contributed by atoms with Gasteiger partial charge in [-0.25, -0.2) is 9.59 Å². The Labute approximate surface area is 698 Å². The molecule has 2 aromatic rings. The molecule has 119 heavy (non-hydrogen) atoms. The van der Waals surface area contributed by atoms with Crippen molar-refractivity contribution in [2.75, 3.05) is 416 Å². The van der Waals surface area contributed by atoms with Crippen molar-refractivity contribution >= 4 is 23.5 Å². The van der Waals surface area contributed by atoms with Crippen LogP contribution in [0, 0.1) is 20.2 Å². The van der Waals surface area contributed by atoms with E-state index in [0.717, 1.165) is 0 Å². The molecule has 0 N–H and O–H groups in total. The molecule has 0 saturated carbocycles. The van der Waals surface area contributed by atoms with Crippen LogP contribution in [0.2, 0.25) is 0 Å². The second-order valence-electron chi connectivity index (χ2n) is 23.6. The minimum absolute atomic E-state index is 0.0216. The Morgan fingerprint density at radius 3 is 0.454 bits per heavy atom. The van der Waals surface area contributed by atoms with Gasteiger partial charge in [0, 0.05) is 24.3 Å². The average molecular weight is 1730 g/mol. The van der Waals surface area contributed by atoms with E-state index >= 15 is 0 Å². The molecule has 0 radical (unpaired) electrons. The molecular weight excluding hydrogens is 1590 g/mol. The fourth-order valence-electron chi connectivity index (χ4n) is 8.50. The number of hydrogen-bond acceptors (Lipinski definition) is 40. The maximum absolute atomic E-state index is 11.8. The molecule has 0 heterocycles. The van der Waals surface area contributed by atoms with Crippen molar-refractivity contribution < 1.29 is 180 Å². The second kappa shape index (κ2) is 91.9. The summed E-state index contributed by atoms with van der Waals surface area (Å²) >= 11 is 0. The molecule has 0 amide bonds. The number of esters is 1. The van der Waals surface area contributed by atoms with Crippen LogP contribution in [0.1, 0.15) is 0 Å². The lowest BCUT2D eigenvalue weighted by molar-refractivity contribution is -0.385. The summed E-state index contributed by atoms with van der Waals surface area (Å²) in [5, 5.41) is 21.4. The topological polar surface area (TPSA) is 434 Å². The van der Waals surface area contributed by atoms with E-state index in [0.29, 0.717) is 383 Å². The van der Waals surface area contributed by atoms with Crippen LogP contribution in [-0.2, 0) is 156 Å². The third-order valence-electron chi connectivity index (χ3n) is 14.4. The van der Waals surface area contributed by atoms with E-state index in [4.69, 9.17) is 161 Å². The van der Waals surface area contributed by atoms with Crippen LogP contribution in [0.3, 0.4) is 0 Å². The zero-order valence-corrected chi connectivity index (χ0v) is 69.4. The number of hydrogen-bond donors (Lipinski definition) is 0. The van der Waals surface area contributed by atoms with E-state index in [1.807, 2.05) is 0 Å². The third kappa shape index (κ3) is 83.4. The van der Waals surface area contributed by atoms with Gasteiger partial charge in [-0.3, -0.25) is 20.2 Å². The van der Waals surface area contributed by atoms with Gasteiger partial charge < -0.3 is 161 Å². The van der Waals surface area contributed by atoms with Gasteiger partial charge in [-0.2, -0.15) is 0 Å². The van der Waals surface area contributed by atoms with E-state index in [9.17, 15) is 29.8 Å². The highest BCUT2D eigenvalue weighted by Crippen LogP contribution is 2.19. The summed E-state index contributed by atoms with van der Waals surface area (Å²) in [7, 11) is 0. The minimum Gasteiger partial charge on any atom is -0.432 e. The standard InChI is InChI=1S/C77H134N2O40/c80-76(118-74-5-1-72(2-6-74)78(82)83)71-116-68-67-114-64-63-112-60-59-110-56-55-108-52-51-106-48-47-104-44-43-102-40-39-100-36-35-98-32-31-96-28-27-94-24-23-92-20-19-90-16-15-88-12-11-86-9-10-87-13-14-89-17-18-91-21-22-93-25-26-95-29-30-97-33-34-99-37-38-101-41-42-103-45-46-105-49-50-107-53-54-109-57-58-111-61-62-113-65-66-115-69-70-117-77(81)119-75-7-3-73(4-8-75)79(84)85/h1-8H,9-71H2. The Kier molecular flexibility index (Phi) is 84.8. The second-order valence-corrected chi connectivity index (χ2v) is 23.6. The number of nitrogens with zero attached hydrogens (tertiary/aromatic N) is 2. The molecule has 2 rings (SSSR count). The molecule has 0 fully saturated rings.